The smallest absolute Gasteiger partial charge is 0.0294 e. The SMILES string of the molecule is CC(C)N1CCC(CCCC(N)c2ccccc2)CC1. The first kappa shape index (κ1) is 15.5. The lowest BCUT2D eigenvalue weighted by atomic mass is 9.89. The van der Waals surface area contributed by atoms with Crippen LogP contribution in [0.15, 0.2) is 30.3 Å². The summed E-state index contributed by atoms with van der Waals surface area (Å²) in [6, 6.07) is 11.4. The quantitative estimate of drug-likeness (QED) is 0.850. The second kappa shape index (κ2) is 7.80. The Balaban J connectivity index is 1.65. The number of hydrogen-bond donors (Lipinski definition) is 1. The normalized spacial score (nSPS) is 19.4. The second-order valence-corrected chi connectivity index (χ2v) is 6.52. The van der Waals surface area contributed by atoms with Gasteiger partial charge in [-0.2, -0.15) is 0 Å². The molecule has 0 aromatic heterocycles. The van der Waals surface area contributed by atoms with Crippen LogP contribution in [0.3, 0.4) is 0 Å². The van der Waals surface area contributed by atoms with Crippen molar-refractivity contribution >= 4 is 0 Å². The largest absolute Gasteiger partial charge is 0.324 e. The van der Waals surface area contributed by atoms with Crippen LogP contribution in [0.1, 0.15) is 57.6 Å². The molecular weight excluding hydrogens is 244 g/mol. The number of nitrogens with two attached hydrogens (primary N) is 1. The van der Waals surface area contributed by atoms with Crippen LogP contribution < -0.4 is 5.73 Å². The van der Waals surface area contributed by atoms with E-state index in [-0.39, 0.29) is 6.04 Å². The minimum Gasteiger partial charge on any atom is -0.324 e. The van der Waals surface area contributed by atoms with Gasteiger partial charge in [0.25, 0.3) is 0 Å². The Morgan fingerprint density at radius 3 is 2.40 bits per heavy atom. The third kappa shape index (κ3) is 4.60. The van der Waals surface area contributed by atoms with Crippen molar-refractivity contribution in [2.24, 2.45) is 11.7 Å². The summed E-state index contributed by atoms with van der Waals surface area (Å²) in [5.41, 5.74) is 7.54. The van der Waals surface area contributed by atoms with Gasteiger partial charge in [0, 0.05) is 12.1 Å². The summed E-state index contributed by atoms with van der Waals surface area (Å²) in [6.45, 7) is 7.18. The summed E-state index contributed by atoms with van der Waals surface area (Å²) in [5, 5.41) is 0. The Bertz CT molecular complexity index is 366. The molecule has 1 heterocycles. The van der Waals surface area contributed by atoms with Crippen molar-refractivity contribution in [2.75, 3.05) is 13.1 Å². The fraction of sp³-hybridized carbons (Fsp3) is 0.667. The maximum Gasteiger partial charge on any atom is 0.0294 e. The van der Waals surface area contributed by atoms with Gasteiger partial charge in [-0.3, -0.25) is 0 Å². The molecule has 1 aliphatic rings. The van der Waals surface area contributed by atoms with Gasteiger partial charge in [-0.15, -0.1) is 0 Å². The highest BCUT2D eigenvalue weighted by Gasteiger charge is 2.20. The van der Waals surface area contributed by atoms with E-state index in [1.165, 1.54) is 44.3 Å². The molecule has 1 fully saturated rings. The van der Waals surface area contributed by atoms with Gasteiger partial charge in [-0.05, 0) is 57.7 Å². The Hall–Kier alpha value is -0.860. The highest BCUT2D eigenvalue weighted by molar-refractivity contribution is 5.18. The molecule has 1 aliphatic heterocycles. The number of rotatable bonds is 6. The summed E-state index contributed by atoms with van der Waals surface area (Å²) in [6.07, 6.45) is 6.49. The molecule has 2 rings (SSSR count). The van der Waals surface area contributed by atoms with E-state index in [4.69, 9.17) is 5.73 Å². The molecule has 0 amide bonds. The Kier molecular flexibility index (Phi) is 6.06. The fourth-order valence-electron chi connectivity index (χ4n) is 3.25. The molecule has 20 heavy (non-hydrogen) atoms. The van der Waals surface area contributed by atoms with E-state index >= 15 is 0 Å². The zero-order valence-electron chi connectivity index (χ0n) is 13.1. The first-order valence-electron chi connectivity index (χ1n) is 8.21. The van der Waals surface area contributed by atoms with Crippen molar-refractivity contribution in [1.82, 2.24) is 4.90 Å². The van der Waals surface area contributed by atoms with Gasteiger partial charge in [0.15, 0.2) is 0 Å². The van der Waals surface area contributed by atoms with Crippen molar-refractivity contribution in [2.45, 2.75) is 58.0 Å². The van der Waals surface area contributed by atoms with Gasteiger partial charge in [0.1, 0.15) is 0 Å². The van der Waals surface area contributed by atoms with Gasteiger partial charge < -0.3 is 10.6 Å². The van der Waals surface area contributed by atoms with Crippen molar-refractivity contribution in [1.29, 1.82) is 0 Å². The summed E-state index contributed by atoms with van der Waals surface area (Å²) in [7, 11) is 0. The number of benzene rings is 1. The molecule has 1 saturated heterocycles. The molecule has 0 radical (unpaired) electrons. The molecule has 0 spiro atoms. The van der Waals surface area contributed by atoms with Crippen LogP contribution >= 0.6 is 0 Å². The second-order valence-electron chi connectivity index (χ2n) is 6.52. The molecule has 1 unspecified atom stereocenters. The summed E-state index contributed by atoms with van der Waals surface area (Å²) < 4.78 is 0. The van der Waals surface area contributed by atoms with E-state index < -0.39 is 0 Å². The van der Waals surface area contributed by atoms with Crippen molar-refractivity contribution in [3.05, 3.63) is 35.9 Å². The van der Waals surface area contributed by atoms with Crippen molar-refractivity contribution < 1.29 is 0 Å². The zero-order valence-corrected chi connectivity index (χ0v) is 13.1. The maximum absolute atomic E-state index is 6.26. The van der Waals surface area contributed by atoms with Crippen LogP contribution in [0.5, 0.6) is 0 Å². The molecule has 1 aromatic carbocycles. The third-order valence-corrected chi connectivity index (χ3v) is 4.73. The molecule has 112 valence electrons. The lowest BCUT2D eigenvalue weighted by Gasteiger charge is -2.34. The van der Waals surface area contributed by atoms with Crippen LogP contribution in [-0.2, 0) is 0 Å². The highest BCUT2D eigenvalue weighted by atomic mass is 15.1. The number of nitrogens with zero attached hydrogens (tertiary/aromatic N) is 1. The number of hydrogen-bond acceptors (Lipinski definition) is 2. The predicted octanol–water partition coefficient (Wildman–Crippen LogP) is 3.98. The zero-order chi connectivity index (χ0) is 14.4. The Labute approximate surface area is 124 Å². The van der Waals surface area contributed by atoms with Crippen LogP contribution in [0.2, 0.25) is 0 Å². The van der Waals surface area contributed by atoms with Gasteiger partial charge in [-0.1, -0.05) is 43.2 Å². The lowest BCUT2D eigenvalue weighted by molar-refractivity contribution is 0.144. The van der Waals surface area contributed by atoms with Gasteiger partial charge in [0.05, 0.1) is 0 Å². The van der Waals surface area contributed by atoms with E-state index in [9.17, 15) is 0 Å². The van der Waals surface area contributed by atoms with Crippen LogP contribution in [-0.4, -0.2) is 24.0 Å². The van der Waals surface area contributed by atoms with Gasteiger partial charge >= 0.3 is 0 Å². The first-order chi connectivity index (χ1) is 9.66. The Morgan fingerprint density at radius 2 is 1.80 bits per heavy atom. The number of piperidine rings is 1. The minimum absolute atomic E-state index is 0.215. The van der Waals surface area contributed by atoms with Crippen molar-refractivity contribution in [3.8, 4) is 0 Å². The molecule has 2 nitrogen and oxygen atoms in total. The molecule has 2 N–H and O–H groups in total. The topological polar surface area (TPSA) is 29.3 Å². The minimum atomic E-state index is 0.215. The fourth-order valence-corrected chi connectivity index (χ4v) is 3.25. The lowest BCUT2D eigenvalue weighted by Crippen LogP contribution is -2.38. The van der Waals surface area contributed by atoms with E-state index in [0.717, 1.165) is 12.3 Å². The van der Waals surface area contributed by atoms with Gasteiger partial charge in [-0.25, -0.2) is 0 Å². The average molecular weight is 274 g/mol. The molecular formula is C18H30N2. The monoisotopic (exact) mass is 274 g/mol. The third-order valence-electron chi connectivity index (χ3n) is 4.73. The molecule has 0 saturated carbocycles. The maximum atomic E-state index is 6.26. The number of likely N-dealkylation sites (tertiary alicyclic amines) is 1. The predicted molar refractivity (Wildman–Crippen MR) is 86.7 cm³/mol. The van der Waals surface area contributed by atoms with Crippen molar-refractivity contribution in [3.63, 3.8) is 0 Å². The highest BCUT2D eigenvalue weighted by Crippen LogP contribution is 2.25. The molecule has 2 heteroatoms. The summed E-state index contributed by atoms with van der Waals surface area (Å²) in [5.74, 6) is 0.924. The molecule has 0 aliphatic carbocycles. The summed E-state index contributed by atoms with van der Waals surface area (Å²) >= 11 is 0. The average Bonchev–Trinajstić information content (AvgIpc) is 2.48. The Morgan fingerprint density at radius 1 is 1.15 bits per heavy atom. The standard InChI is InChI=1S/C18H30N2/c1-15(2)20-13-11-16(12-14-20)7-6-10-18(19)17-8-4-3-5-9-17/h3-5,8-9,15-16,18H,6-7,10-14,19H2,1-2H3. The first-order valence-corrected chi connectivity index (χ1v) is 8.21. The van der Waals surface area contributed by atoms with Crippen LogP contribution in [0.25, 0.3) is 0 Å². The molecule has 1 atom stereocenters. The van der Waals surface area contributed by atoms with E-state index in [2.05, 4.69) is 49.1 Å². The van der Waals surface area contributed by atoms with Crippen LogP contribution in [0.4, 0.5) is 0 Å². The van der Waals surface area contributed by atoms with E-state index in [0.29, 0.717) is 6.04 Å². The van der Waals surface area contributed by atoms with E-state index in [1.807, 2.05) is 0 Å². The van der Waals surface area contributed by atoms with Gasteiger partial charge in [0.2, 0.25) is 0 Å². The molecule has 0 bridgehead atoms. The van der Waals surface area contributed by atoms with E-state index in [1.54, 1.807) is 0 Å². The van der Waals surface area contributed by atoms with Crippen LogP contribution in [0, 0.1) is 5.92 Å². The summed E-state index contributed by atoms with van der Waals surface area (Å²) in [4.78, 5) is 2.60. The molecule has 1 aromatic rings.